The number of likely N-dealkylation sites (tertiary alicyclic amines) is 1. The summed E-state index contributed by atoms with van der Waals surface area (Å²) in [7, 11) is 0. The predicted molar refractivity (Wildman–Crippen MR) is 92.8 cm³/mol. The number of carbonyl (C=O) groups excluding carboxylic acids is 2. The highest BCUT2D eigenvalue weighted by Crippen LogP contribution is 2.19. The van der Waals surface area contributed by atoms with Gasteiger partial charge in [-0.05, 0) is 37.5 Å². The second kappa shape index (κ2) is 7.99. The van der Waals surface area contributed by atoms with Crippen molar-refractivity contribution in [3.05, 3.63) is 47.5 Å². The van der Waals surface area contributed by atoms with Crippen LogP contribution in [-0.2, 0) is 11.3 Å². The number of carbonyl (C=O) groups is 2. The third-order valence-electron chi connectivity index (χ3n) is 4.39. The standard InChI is InChI=1S/C18H21FN4O3/c1-12-10-16(22-26-12)21-17(24)14-6-8-23(9-7-14)18(25)20-11-13-2-4-15(19)5-3-13/h2-5,10,14H,6-9,11H2,1H3,(H,20,25)(H,21,22,24). The summed E-state index contributed by atoms with van der Waals surface area (Å²) >= 11 is 0. The van der Waals surface area contributed by atoms with E-state index in [2.05, 4.69) is 15.8 Å². The summed E-state index contributed by atoms with van der Waals surface area (Å²) in [5.74, 6) is 0.471. The van der Waals surface area contributed by atoms with Gasteiger partial charge in [0.15, 0.2) is 5.82 Å². The Hall–Kier alpha value is -2.90. The normalized spacial score (nSPS) is 14.9. The van der Waals surface area contributed by atoms with Gasteiger partial charge in [-0.25, -0.2) is 9.18 Å². The van der Waals surface area contributed by atoms with Crippen molar-refractivity contribution in [3.8, 4) is 0 Å². The Labute approximate surface area is 150 Å². The molecule has 8 heteroatoms. The number of hydrogen-bond donors (Lipinski definition) is 2. The molecular weight excluding hydrogens is 339 g/mol. The maximum atomic E-state index is 12.9. The van der Waals surface area contributed by atoms with E-state index in [9.17, 15) is 14.0 Å². The average Bonchev–Trinajstić information content (AvgIpc) is 3.06. The summed E-state index contributed by atoms with van der Waals surface area (Å²) in [4.78, 5) is 26.2. The number of hydrogen-bond acceptors (Lipinski definition) is 4. The number of aromatic nitrogens is 1. The van der Waals surface area contributed by atoms with E-state index in [0.717, 1.165) is 5.56 Å². The number of rotatable bonds is 4. The van der Waals surface area contributed by atoms with Crippen molar-refractivity contribution in [2.45, 2.75) is 26.3 Å². The first-order valence-electron chi connectivity index (χ1n) is 8.52. The molecule has 0 aliphatic carbocycles. The molecule has 3 rings (SSSR count). The van der Waals surface area contributed by atoms with Crippen molar-refractivity contribution < 1.29 is 18.5 Å². The van der Waals surface area contributed by atoms with Crippen molar-refractivity contribution in [1.29, 1.82) is 0 Å². The van der Waals surface area contributed by atoms with E-state index < -0.39 is 0 Å². The summed E-state index contributed by atoms with van der Waals surface area (Å²) in [6.07, 6.45) is 1.18. The minimum Gasteiger partial charge on any atom is -0.360 e. The number of aryl methyl sites for hydroxylation is 1. The minimum atomic E-state index is -0.304. The zero-order valence-corrected chi connectivity index (χ0v) is 14.5. The van der Waals surface area contributed by atoms with Gasteiger partial charge in [-0.1, -0.05) is 17.3 Å². The minimum absolute atomic E-state index is 0.107. The number of nitrogens with one attached hydrogen (secondary N) is 2. The van der Waals surface area contributed by atoms with E-state index in [0.29, 0.717) is 44.1 Å². The molecule has 0 spiro atoms. The van der Waals surface area contributed by atoms with Crippen LogP contribution in [0.5, 0.6) is 0 Å². The van der Waals surface area contributed by atoms with Crippen molar-refractivity contribution in [3.63, 3.8) is 0 Å². The molecule has 138 valence electrons. The second-order valence-corrected chi connectivity index (χ2v) is 6.36. The fourth-order valence-corrected chi connectivity index (χ4v) is 2.89. The number of nitrogens with zero attached hydrogens (tertiary/aromatic N) is 2. The number of halogens is 1. The summed E-state index contributed by atoms with van der Waals surface area (Å²) < 4.78 is 17.8. The van der Waals surface area contributed by atoms with Gasteiger partial charge in [0, 0.05) is 31.6 Å². The highest BCUT2D eigenvalue weighted by atomic mass is 19.1. The van der Waals surface area contributed by atoms with Crippen LogP contribution in [0.25, 0.3) is 0 Å². The first-order chi connectivity index (χ1) is 12.5. The van der Waals surface area contributed by atoms with Crippen molar-refractivity contribution >= 4 is 17.8 Å². The van der Waals surface area contributed by atoms with Crippen LogP contribution in [0.1, 0.15) is 24.2 Å². The summed E-state index contributed by atoms with van der Waals surface area (Å²) in [6, 6.07) is 7.48. The number of benzene rings is 1. The molecule has 1 aliphatic rings. The lowest BCUT2D eigenvalue weighted by molar-refractivity contribution is -0.121. The number of piperidine rings is 1. The van der Waals surface area contributed by atoms with Crippen LogP contribution in [0.2, 0.25) is 0 Å². The van der Waals surface area contributed by atoms with Gasteiger partial charge in [0.05, 0.1) is 0 Å². The quantitative estimate of drug-likeness (QED) is 0.878. The number of urea groups is 1. The van der Waals surface area contributed by atoms with Crippen molar-refractivity contribution in [2.24, 2.45) is 5.92 Å². The Morgan fingerprint density at radius 3 is 2.58 bits per heavy atom. The molecule has 0 atom stereocenters. The molecule has 1 fully saturated rings. The lowest BCUT2D eigenvalue weighted by Gasteiger charge is -2.31. The molecule has 1 saturated heterocycles. The van der Waals surface area contributed by atoms with E-state index in [4.69, 9.17) is 4.52 Å². The Morgan fingerprint density at radius 2 is 1.96 bits per heavy atom. The molecule has 0 bridgehead atoms. The molecule has 0 unspecified atom stereocenters. The van der Waals surface area contributed by atoms with Crippen LogP contribution in [0, 0.1) is 18.7 Å². The molecule has 7 nitrogen and oxygen atoms in total. The summed E-state index contributed by atoms with van der Waals surface area (Å²) in [5, 5.41) is 9.30. The largest absolute Gasteiger partial charge is 0.360 e. The fourth-order valence-electron chi connectivity index (χ4n) is 2.89. The second-order valence-electron chi connectivity index (χ2n) is 6.36. The molecule has 1 aromatic carbocycles. The van der Waals surface area contributed by atoms with Crippen LogP contribution in [0.15, 0.2) is 34.9 Å². The number of anilines is 1. The predicted octanol–water partition coefficient (Wildman–Crippen LogP) is 2.68. The van der Waals surface area contributed by atoms with Crippen LogP contribution >= 0.6 is 0 Å². The Balaban J connectivity index is 1.43. The molecule has 1 aromatic heterocycles. The molecule has 0 saturated carbocycles. The topological polar surface area (TPSA) is 87.5 Å². The van der Waals surface area contributed by atoms with Gasteiger partial charge in [0.25, 0.3) is 0 Å². The molecule has 2 heterocycles. The highest BCUT2D eigenvalue weighted by molar-refractivity contribution is 5.91. The third kappa shape index (κ3) is 4.59. The van der Waals surface area contributed by atoms with Crippen LogP contribution in [0.3, 0.4) is 0 Å². The number of amides is 3. The molecule has 26 heavy (non-hydrogen) atoms. The molecule has 2 aromatic rings. The van der Waals surface area contributed by atoms with E-state index >= 15 is 0 Å². The Bertz CT molecular complexity index is 767. The maximum absolute atomic E-state index is 12.9. The lowest BCUT2D eigenvalue weighted by Crippen LogP contribution is -2.45. The van der Waals surface area contributed by atoms with E-state index in [1.807, 2.05) is 0 Å². The Kier molecular flexibility index (Phi) is 5.50. The molecular formula is C18H21FN4O3. The molecule has 3 amide bonds. The Morgan fingerprint density at radius 1 is 1.27 bits per heavy atom. The van der Waals surface area contributed by atoms with Gasteiger partial charge >= 0.3 is 6.03 Å². The molecule has 2 N–H and O–H groups in total. The monoisotopic (exact) mass is 360 g/mol. The van der Waals surface area contributed by atoms with Gasteiger partial charge in [0.2, 0.25) is 5.91 Å². The van der Waals surface area contributed by atoms with Gasteiger partial charge in [-0.15, -0.1) is 0 Å². The van der Waals surface area contributed by atoms with Crippen molar-refractivity contribution in [1.82, 2.24) is 15.4 Å². The smallest absolute Gasteiger partial charge is 0.317 e. The van der Waals surface area contributed by atoms with Gasteiger partial charge < -0.3 is 20.1 Å². The first-order valence-corrected chi connectivity index (χ1v) is 8.52. The van der Waals surface area contributed by atoms with Gasteiger partial charge in [-0.3, -0.25) is 4.79 Å². The van der Waals surface area contributed by atoms with E-state index in [1.165, 1.54) is 12.1 Å². The first kappa shape index (κ1) is 17.9. The lowest BCUT2D eigenvalue weighted by atomic mass is 9.96. The average molecular weight is 360 g/mol. The zero-order chi connectivity index (χ0) is 18.5. The van der Waals surface area contributed by atoms with Crippen molar-refractivity contribution in [2.75, 3.05) is 18.4 Å². The zero-order valence-electron chi connectivity index (χ0n) is 14.5. The van der Waals surface area contributed by atoms with Gasteiger partial charge in [-0.2, -0.15) is 0 Å². The molecule has 1 aliphatic heterocycles. The maximum Gasteiger partial charge on any atom is 0.317 e. The fraction of sp³-hybridized carbons (Fsp3) is 0.389. The van der Waals surface area contributed by atoms with E-state index in [-0.39, 0.29) is 23.7 Å². The van der Waals surface area contributed by atoms with E-state index in [1.54, 1.807) is 30.0 Å². The summed E-state index contributed by atoms with van der Waals surface area (Å²) in [6.45, 7) is 3.10. The summed E-state index contributed by atoms with van der Waals surface area (Å²) in [5.41, 5.74) is 0.830. The van der Waals surface area contributed by atoms with Crippen LogP contribution < -0.4 is 10.6 Å². The molecule has 0 radical (unpaired) electrons. The van der Waals surface area contributed by atoms with Crippen LogP contribution in [-0.4, -0.2) is 35.1 Å². The highest BCUT2D eigenvalue weighted by Gasteiger charge is 2.27. The SMILES string of the molecule is Cc1cc(NC(=O)C2CCN(C(=O)NCc3ccc(F)cc3)CC2)no1. The van der Waals surface area contributed by atoms with Crippen LogP contribution in [0.4, 0.5) is 15.0 Å². The van der Waals surface area contributed by atoms with Gasteiger partial charge in [0.1, 0.15) is 11.6 Å². The third-order valence-corrected chi connectivity index (χ3v) is 4.39.